The fourth-order valence-electron chi connectivity index (χ4n) is 2.59. The number of hydrogen-bond acceptors (Lipinski definition) is 2. The van der Waals surface area contributed by atoms with Crippen molar-refractivity contribution >= 4 is 29.9 Å². The molecule has 0 aliphatic heterocycles. The minimum Gasteiger partial charge on any atom is -0.467 e. The molecule has 1 aliphatic rings. The lowest BCUT2D eigenvalue weighted by Crippen LogP contribution is -2.39. The molecule has 24 heavy (non-hydrogen) atoms. The molecule has 2 aromatic rings. The SMILES string of the molecule is CCNC(=NCc1ccco1)NC1CC1c1c(F)cccc1F.I. The lowest BCUT2D eigenvalue weighted by Gasteiger charge is -2.11. The van der Waals surface area contributed by atoms with Crippen molar-refractivity contribution in [3.63, 3.8) is 0 Å². The summed E-state index contributed by atoms with van der Waals surface area (Å²) in [5.41, 5.74) is 0.159. The third-order valence-electron chi connectivity index (χ3n) is 3.80. The first-order valence-corrected chi connectivity index (χ1v) is 7.70. The molecule has 3 rings (SSSR count). The summed E-state index contributed by atoms with van der Waals surface area (Å²) < 4.78 is 32.9. The van der Waals surface area contributed by atoms with Gasteiger partial charge in [0, 0.05) is 24.1 Å². The van der Waals surface area contributed by atoms with E-state index in [0.29, 0.717) is 25.5 Å². The second kappa shape index (κ2) is 8.46. The fraction of sp³-hybridized carbons (Fsp3) is 0.353. The molecule has 2 atom stereocenters. The molecule has 0 radical (unpaired) electrons. The van der Waals surface area contributed by atoms with Crippen LogP contribution in [-0.2, 0) is 6.54 Å². The summed E-state index contributed by atoms with van der Waals surface area (Å²) in [6, 6.07) is 7.61. The van der Waals surface area contributed by atoms with Gasteiger partial charge in [-0.1, -0.05) is 6.07 Å². The first-order valence-electron chi connectivity index (χ1n) is 7.70. The molecule has 0 amide bonds. The number of rotatable bonds is 5. The maximum absolute atomic E-state index is 13.8. The smallest absolute Gasteiger partial charge is 0.191 e. The Kier molecular flexibility index (Phi) is 6.59. The topological polar surface area (TPSA) is 49.6 Å². The van der Waals surface area contributed by atoms with Gasteiger partial charge in [0.1, 0.15) is 23.9 Å². The minimum atomic E-state index is -0.489. The van der Waals surface area contributed by atoms with Gasteiger partial charge < -0.3 is 15.1 Å². The Hall–Kier alpha value is -1.64. The van der Waals surface area contributed by atoms with Gasteiger partial charge in [0.05, 0.1) is 6.26 Å². The third kappa shape index (κ3) is 4.46. The van der Waals surface area contributed by atoms with E-state index in [0.717, 1.165) is 5.76 Å². The third-order valence-corrected chi connectivity index (χ3v) is 3.80. The molecule has 2 unspecified atom stereocenters. The Balaban J connectivity index is 0.00000208. The summed E-state index contributed by atoms with van der Waals surface area (Å²) in [6.45, 7) is 3.08. The number of nitrogens with one attached hydrogen (secondary N) is 2. The average Bonchev–Trinajstić information content (AvgIpc) is 3.06. The quantitative estimate of drug-likeness (QED) is 0.417. The largest absolute Gasteiger partial charge is 0.467 e. The molecule has 1 aromatic carbocycles. The average molecular weight is 447 g/mol. The van der Waals surface area contributed by atoms with Gasteiger partial charge in [0.25, 0.3) is 0 Å². The normalized spacial score (nSPS) is 19.5. The van der Waals surface area contributed by atoms with E-state index in [2.05, 4.69) is 15.6 Å². The van der Waals surface area contributed by atoms with Crippen molar-refractivity contribution in [3.05, 3.63) is 59.6 Å². The molecule has 0 spiro atoms. The Morgan fingerprint density at radius 3 is 2.62 bits per heavy atom. The van der Waals surface area contributed by atoms with Crippen LogP contribution < -0.4 is 10.6 Å². The van der Waals surface area contributed by atoms with Crippen molar-refractivity contribution in [2.75, 3.05) is 6.54 Å². The van der Waals surface area contributed by atoms with E-state index in [4.69, 9.17) is 4.42 Å². The zero-order chi connectivity index (χ0) is 16.2. The van der Waals surface area contributed by atoms with Crippen molar-refractivity contribution in [3.8, 4) is 0 Å². The van der Waals surface area contributed by atoms with Gasteiger partial charge in [0.15, 0.2) is 5.96 Å². The molecule has 7 heteroatoms. The lowest BCUT2D eigenvalue weighted by molar-refractivity contribution is 0.512. The van der Waals surface area contributed by atoms with Crippen molar-refractivity contribution in [2.45, 2.75) is 31.8 Å². The number of halogens is 3. The van der Waals surface area contributed by atoms with Crippen LogP contribution in [0.3, 0.4) is 0 Å². The van der Waals surface area contributed by atoms with Crippen LogP contribution in [0.4, 0.5) is 8.78 Å². The Morgan fingerprint density at radius 2 is 2.00 bits per heavy atom. The van der Waals surface area contributed by atoms with Gasteiger partial charge in [-0.3, -0.25) is 0 Å². The fourth-order valence-corrected chi connectivity index (χ4v) is 2.59. The van der Waals surface area contributed by atoms with Gasteiger partial charge in [0.2, 0.25) is 0 Å². The number of benzene rings is 1. The van der Waals surface area contributed by atoms with E-state index in [-0.39, 0.29) is 41.5 Å². The van der Waals surface area contributed by atoms with Crippen LogP contribution in [0.5, 0.6) is 0 Å². The highest BCUT2D eigenvalue weighted by Gasteiger charge is 2.42. The molecule has 130 valence electrons. The second-order valence-electron chi connectivity index (χ2n) is 5.50. The summed E-state index contributed by atoms with van der Waals surface area (Å²) in [7, 11) is 0. The summed E-state index contributed by atoms with van der Waals surface area (Å²) in [5, 5.41) is 6.35. The maximum atomic E-state index is 13.8. The second-order valence-corrected chi connectivity index (χ2v) is 5.50. The maximum Gasteiger partial charge on any atom is 0.191 e. The number of aliphatic imine (C=N–C) groups is 1. The van der Waals surface area contributed by atoms with Gasteiger partial charge >= 0.3 is 0 Å². The van der Waals surface area contributed by atoms with E-state index >= 15 is 0 Å². The highest BCUT2D eigenvalue weighted by Crippen LogP contribution is 2.43. The molecule has 0 saturated heterocycles. The van der Waals surface area contributed by atoms with Crippen molar-refractivity contribution < 1.29 is 13.2 Å². The van der Waals surface area contributed by atoms with E-state index in [1.54, 1.807) is 6.26 Å². The zero-order valence-electron chi connectivity index (χ0n) is 13.3. The van der Waals surface area contributed by atoms with Crippen LogP contribution in [0.1, 0.15) is 30.6 Å². The van der Waals surface area contributed by atoms with Crippen molar-refractivity contribution in [2.24, 2.45) is 4.99 Å². The van der Waals surface area contributed by atoms with Crippen LogP contribution in [-0.4, -0.2) is 18.5 Å². The predicted molar refractivity (Wildman–Crippen MR) is 99.6 cm³/mol. The number of guanidine groups is 1. The van der Waals surface area contributed by atoms with Crippen LogP contribution in [0.25, 0.3) is 0 Å². The molecule has 1 aliphatic carbocycles. The van der Waals surface area contributed by atoms with E-state index in [1.807, 2.05) is 19.1 Å². The van der Waals surface area contributed by atoms with Gasteiger partial charge in [-0.05, 0) is 37.6 Å². The van der Waals surface area contributed by atoms with Crippen LogP contribution in [0.2, 0.25) is 0 Å². The first-order chi connectivity index (χ1) is 11.2. The molecule has 1 saturated carbocycles. The summed E-state index contributed by atoms with van der Waals surface area (Å²) in [4.78, 5) is 4.42. The number of nitrogens with zero attached hydrogens (tertiary/aromatic N) is 1. The number of furan rings is 1. The standard InChI is InChI=1S/C17H19F2N3O.HI/c1-2-20-17(21-10-11-5-4-8-23-11)22-15-9-12(15)16-13(18)6-3-7-14(16)19;/h3-8,12,15H,2,9-10H2,1H3,(H2,20,21,22);1H. The summed E-state index contributed by atoms with van der Waals surface area (Å²) in [5.74, 6) is 0.236. The molecular weight excluding hydrogens is 427 g/mol. The molecular formula is C17H20F2IN3O. The Morgan fingerprint density at radius 1 is 1.25 bits per heavy atom. The molecule has 1 heterocycles. The monoisotopic (exact) mass is 447 g/mol. The van der Waals surface area contributed by atoms with Gasteiger partial charge in [-0.25, -0.2) is 13.8 Å². The Bertz CT molecular complexity index is 671. The molecule has 4 nitrogen and oxygen atoms in total. The zero-order valence-corrected chi connectivity index (χ0v) is 15.6. The van der Waals surface area contributed by atoms with E-state index in [1.165, 1.54) is 18.2 Å². The molecule has 1 aromatic heterocycles. The van der Waals surface area contributed by atoms with Gasteiger partial charge in [-0.15, -0.1) is 24.0 Å². The van der Waals surface area contributed by atoms with E-state index < -0.39 is 11.6 Å². The summed E-state index contributed by atoms with van der Waals surface area (Å²) in [6.07, 6.45) is 2.28. The van der Waals surface area contributed by atoms with Crippen LogP contribution in [0.15, 0.2) is 46.0 Å². The van der Waals surface area contributed by atoms with E-state index in [9.17, 15) is 8.78 Å². The number of hydrogen-bond donors (Lipinski definition) is 2. The highest BCUT2D eigenvalue weighted by atomic mass is 127. The first kappa shape index (κ1) is 18.7. The minimum absolute atomic E-state index is 0. The molecule has 2 N–H and O–H groups in total. The lowest BCUT2D eigenvalue weighted by atomic mass is 10.1. The Labute approximate surface area is 156 Å². The van der Waals surface area contributed by atoms with Crippen molar-refractivity contribution in [1.82, 2.24) is 10.6 Å². The summed E-state index contributed by atoms with van der Waals surface area (Å²) >= 11 is 0. The predicted octanol–water partition coefficient (Wildman–Crippen LogP) is 3.79. The molecule has 0 bridgehead atoms. The van der Waals surface area contributed by atoms with Crippen LogP contribution >= 0.6 is 24.0 Å². The van der Waals surface area contributed by atoms with Crippen molar-refractivity contribution in [1.29, 1.82) is 0 Å². The van der Waals surface area contributed by atoms with Crippen LogP contribution in [0, 0.1) is 11.6 Å². The highest BCUT2D eigenvalue weighted by molar-refractivity contribution is 14.0. The molecule has 1 fully saturated rings. The van der Waals surface area contributed by atoms with Gasteiger partial charge in [-0.2, -0.15) is 0 Å².